The maximum absolute atomic E-state index is 12.3. The van der Waals surface area contributed by atoms with Crippen molar-refractivity contribution in [2.45, 2.75) is 19.4 Å². The summed E-state index contributed by atoms with van der Waals surface area (Å²) in [4.78, 5) is 18.3. The molecule has 0 saturated carbocycles. The molecule has 5 nitrogen and oxygen atoms in total. The van der Waals surface area contributed by atoms with Crippen LogP contribution in [-0.2, 0) is 0 Å². The smallest absolute Gasteiger partial charge is 0.321 e. The summed E-state index contributed by atoms with van der Waals surface area (Å²) in [7, 11) is 1.86. The zero-order chi connectivity index (χ0) is 15.5. The Balaban J connectivity index is 1.75. The summed E-state index contributed by atoms with van der Waals surface area (Å²) in [6.07, 6.45) is 4.22. The summed E-state index contributed by atoms with van der Waals surface area (Å²) in [5.74, 6) is 2.70. The van der Waals surface area contributed by atoms with Crippen molar-refractivity contribution in [1.29, 1.82) is 0 Å². The molecule has 0 spiro atoms. The standard InChI is InChI=1S/C16H19N3O2S/c1-11-3-4-12(9-14(11)15-17-6-7-21-15)18-16(20)19(2)13-5-8-22-10-13/h3-4,6-7,9,13H,5,8,10H2,1-2H3,(H,18,20)/t13-/m0/s1. The third kappa shape index (κ3) is 3.11. The molecule has 6 heteroatoms. The van der Waals surface area contributed by atoms with Gasteiger partial charge in [-0.15, -0.1) is 0 Å². The summed E-state index contributed by atoms with van der Waals surface area (Å²) >= 11 is 1.89. The molecule has 0 bridgehead atoms. The van der Waals surface area contributed by atoms with Crippen molar-refractivity contribution >= 4 is 23.5 Å². The van der Waals surface area contributed by atoms with Crippen molar-refractivity contribution in [1.82, 2.24) is 9.88 Å². The lowest BCUT2D eigenvalue weighted by Crippen LogP contribution is -2.39. The Morgan fingerprint density at radius 1 is 1.50 bits per heavy atom. The molecule has 3 rings (SSSR count). The van der Waals surface area contributed by atoms with E-state index >= 15 is 0 Å². The lowest BCUT2D eigenvalue weighted by Gasteiger charge is -2.24. The number of rotatable bonds is 3. The van der Waals surface area contributed by atoms with Gasteiger partial charge >= 0.3 is 6.03 Å². The topological polar surface area (TPSA) is 58.4 Å². The molecule has 1 atom stereocenters. The largest absolute Gasteiger partial charge is 0.445 e. The summed E-state index contributed by atoms with van der Waals surface area (Å²) in [6, 6.07) is 6.00. The number of hydrogen-bond donors (Lipinski definition) is 1. The van der Waals surface area contributed by atoms with Crippen LogP contribution in [0.4, 0.5) is 10.5 Å². The van der Waals surface area contributed by atoms with E-state index in [0.29, 0.717) is 11.9 Å². The molecular formula is C16H19N3O2S. The van der Waals surface area contributed by atoms with Gasteiger partial charge in [0.25, 0.3) is 0 Å². The number of benzene rings is 1. The van der Waals surface area contributed by atoms with Gasteiger partial charge in [0, 0.05) is 30.1 Å². The first-order chi connectivity index (χ1) is 10.6. The van der Waals surface area contributed by atoms with Crippen LogP contribution in [0.2, 0.25) is 0 Å². The number of nitrogens with zero attached hydrogens (tertiary/aromatic N) is 2. The summed E-state index contributed by atoms with van der Waals surface area (Å²) in [6.45, 7) is 1.99. The molecule has 1 fully saturated rings. The molecule has 0 aliphatic carbocycles. The minimum absolute atomic E-state index is 0.0743. The van der Waals surface area contributed by atoms with Crippen LogP contribution in [0.1, 0.15) is 12.0 Å². The highest BCUT2D eigenvalue weighted by Crippen LogP contribution is 2.26. The van der Waals surface area contributed by atoms with E-state index in [0.717, 1.165) is 34.7 Å². The molecule has 2 heterocycles. The molecule has 22 heavy (non-hydrogen) atoms. The minimum Gasteiger partial charge on any atom is -0.445 e. The van der Waals surface area contributed by atoms with Gasteiger partial charge < -0.3 is 14.6 Å². The molecule has 1 saturated heterocycles. The first-order valence-electron chi connectivity index (χ1n) is 7.27. The number of oxazole rings is 1. The summed E-state index contributed by atoms with van der Waals surface area (Å²) in [5, 5.41) is 2.96. The van der Waals surface area contributed by atoms with Crippen molar-refractivity contribution in [3.05, 3.63) is 36.2 Å². The van der Waals surface area contributed by atoms with E-state index in [4.69, 9.17) is 4.42 Å². The number of aryl methyl sites for hydroxylation is 1. The monoisotopic (exact) mass is 317 g/mol. The first-order valence-corrected chi connectivity index (χ1v) is 8.42. The Morgan fingerprint density at radius 3 is 3.05 bits per heavy atom. The van der Waals surface area contributed by atoms with Crippen molar-refractivity contribution in [3.63, 3.8) is 0 Å². The molecule has 1 aliphatic heterocycles. The molecule has 1 N–H and O–H groups in total. The quantitative estimate of drug-likeness (QED) is 0.939. The molecule has 1 aromatic carbocycles. The highest BCUT2D eigenvalue weighted by atomic mass is 32.2. The predicted octanol–water partition coefficient (Wildman–Crippen LogP) is 3.62. The normalized spacial score (nSPS) is 17.5. The van der Waals surface area contributed by atoms with Crippen LogP contribution >= 0.6 is 11.8 Å². The van der Waals surface area contributed by atoms with Gasteiger partial charge in [0.1, 0.15) is 6.26 Å². The average molecular weight is 317 g/mol. The first kappa shape index (κ1) is 15.0. The molecule has 116 valence electrons. The number of carbonyl (C=O) groups excluding carboxylic acids is 1. The third-order valence-electron chi connectivity index (χ3n) is 3.93. The third-order valence-corrected chi connectivity index (χ3v) is 5.07. The lowest BCUT2D eigenvalue weighted by atomic mass is 10.1. The molecule has 0 unspecified atom stereocenters. The van der Waals surface area contributed by atoms with E-state index in [1.807, 2.05) is 43.9 Å². The van der Waals surface area contributed by atoms with E-state index in [1.54, 1.807) is 17.4 Å². The second kappa shape index (κ2) is 6.44. The molecule has 1 aromatic heterocycles. The SMILES string of the molecule is Cc1ccc(NC(=O)N(C)[C@H]2CCSC2)cc1-c1ncco1. The number of anilines is 1. The number of hydrogen-bond acceptors (Lipinski definition) is 4. The number of nitrogens with one attached hydrogen (secondary N) is 1. The second-order valence-electron chi connectivity index (χ2n) is 5.43. The average Bonchev–Trinajstić information content (AvgIpc) is 3.21. The van der Waals surface area contributed by atoms with Gasteiger partial charge in [-0.1, -0.05) is 6.07 Å². The van der Waals surface area contributed by atoms with Crippen LogP contribution in [0.15, 0.2) is 35.1 Å². The van der Waals surface area contributed by atoms with Crippen LogP contribution in [0.3, 0.4) is 0 Å². The van der Waals surface area contributed by atoms with Gasteiger partial charge in [-0.2, -0.15) is 11.8 Å². The number of amides is 2. The van der Waals surface area contributed by atoms with Crippen molar-refractivity contribution in [2.24, 2.45) is 0 Å². The van der Waals surface area contributed by atoms with E-state index in [9.17, 15) is 4.79 Å². The van der Waals surface area contributed by atoms with E-state index < -0.39 is 0 Å². The van der Waals surface area contributed by atoms with Crippen LogP contribution in [0.5, 0.6) is 0 Å². The Hall–Kier alpha value is -1.95. The zero-order valence-corrected chi connectivity index (χ0v) is 13.5. The zero-order valence-electron chi connectivity index (χ0n) is 12.7. The lowest BCUT2D eigenvalue weighted by molar-refractivity contribution is 0.209. The van der Waals surface area contributed by atoms with Crippen LogP contribution in [0, 0.1) is 6.92 Å². The predicted molar refractivity (Wildman–Crippen MR) is 89.2 cm³/mol. The van der Waals surface area contributed by atoms with Gasteiger partial charge in [0.05, 0.1) is 6.20 Å². The Kier molecular flexibility index (Phi) is 4.38. The molecule has 0 radical (unpaired) electrons. The highest BCUT2D eigenvalue weighted by molar-refractivity contribution is 7.99. The molecular weight excluding hydrogens is 298 g/mol. The Labute approximate surface area is 134 Å². The van der Waals surface area contributed by atoms with Gasteiger partial charge in [-0.3, -0.25) is 0 Å². The van der Waals surface area contributed by atoms with Gasteiger partial charge in [-0.05, 0) is 36.8 Å². The fraction of sp³-hybridized carbons (Fsp3) is 0.375. The second-order valence-corrected chi connectivity index (χ2v) is 6.58. The minimum atomic E-state index is -0.0743. The van der Waals surface area contributed by atoms with E-state index in [1.165, 1.54) is 0 Å². The summed E-state index contributed by atoms with van der Waals surface area (Å²) in [5.41, 5.74) is 2.70. The van der Waals surface area contributed by atoms with Gasteiger partial charge in [0.2, 0.25) is 5.89 Å². The summed E-state index contributed by atoms with van der Waals surface area (Å²) < 4.78 is 5.35. The number of carbonyl (C=O) groups is 1. The fourth-order valence-corrected chi connectivity index (χ4v) is 3.76. The van der Waals surface area contributed by atoms with E-state index in [-0.39, 0.29) is 6.03 Å². The van der Waals surface area contributed by atoms with Crippen LogP contribution < -0.4 is 5.32 Å². The Morgan fingerprint density at radius 2 is 2.36 bits per heavy atom. The Bertz CT molecular complexity index is 651. The van der Waals surface area contributed by atoms with Crippen molar-refractivity contribution < 1.29 is 9.21 Å². The van der Waals surface area contributed by atoms with E-state index in [2.05, 4.69) is 10.3 Å². The number of thioether (sulfide) groups is 1. The number of aromatic nitrogens is 1. The van der Waals surface area contributed by atoms with Gasteiger partial charge in [-0.25, -0.2) is 9.78 Å². The van der Waals surface area contributed by atoms with Crippen LogP contribution in [-0.4, -0.2) is 40.5 Å². The highest BCUT2D eigenvalue weighted by Gasteiger charge is 2.24. The van der Waals surface area contributed by atoms with Crippen molar-refractivity contribution in [3.8, 4) is 11.5 Å². The van der Waals surface area contributed by atoms with Crippen molar-refractivity contribution in [2.75, 3.05) is 23.9 Å². The molecule has 1 aliphatic rings. The van der Waals surface area contributed by atoms with Crippen LogP contribution in [0.25, 0.3) is 11.5 Å². The fourth-order valence-electron chi connectivity index (χ4n) is 2.49. The van der Waals surface area contributed by atoms with Gasteiger partial charge in [0.15, 0.2) is 0 Å². The molecule has 2 aromatic rings. The molecule has 2 amide bonds. The maximum atomic E-state index is 12.3. The number of urea groups is 1. The maximum Gasteiger partial charge on any atom is 0.321 e.